The first-order valence-electron chi connectivity index (χ1n) is 8.76. The summed E-state index contributed by atoms with van der Waals surface area (Å²) in [5.74, 6) is -0.931. The number of carbonyl (C=O) groups excluding carboxylic acids is 2. The van der Waals surface area contributed by atoms with Crippen molar-refractivity contribution < 1.29 is 23.8 Å². The molecule has 0 amide bonds. The predicted octanol–water partition coefficient (Wildman–Crippen LogP) is 5.49. The lowest BCUT2D eigenvalue weighted by Crippen LogP contribution is -2.13. The Labute approximate surface area is 176 Å². The monoisotopic (exact) mass is 416 g/mol. The van der Waals surface area contributed by atoms with Crippen molar-refractivity contribution in [3.63, 3.8) is 0 Å². The Balaban J connectivity index is 0.000000291. The highest BCUT2D eigenvalue weighted by Gasteiger charge is 2.15. The summed E-state index contributed by atoms with van der Waals surface area (Å²) < 4.78 is 15.1. The highest BCUT2D eigenvalue weighted by Crippen LogP contribution is 2.22. The van der Waals surface area contributed by atoms with Gasteiger partial charge in [-0.3, -0.25) is 0 Å². The third-order valence-electron chi connectivity index (χ3n) is 3.47. The first-order chi connectivity index (χ1) is 13.8. The molecular weight excluding hydrogens is 392 g/mol. The van der Waals surface area contributed by atoms with Crippen LogP contribution in [-0.4, -0.2) is 19.0 Å². The molecule has 2 atom stereocenters. The van der Waals surface area contributed by atoms with E-state index in [1.165, 1.54) is 7.11 Å². The molecule has 2 rings (SSSR count). The minimum atomic E-state index is -0.750. The van der Waals surface area contributed by atoms with E-state index in [0.717, 1.165) is 11.1 Å². The molecule has 154 valence electrons. The number of hydrogen-bond acceptors (Lipinski definition) is 5. The number of esters is 2. The summed E-state index contributed by atoms with van der Waals surface area (Å²) in [6, 6.07) is 18.4. The van der Waals surface area contributed by atoms with Crippen molar-refractivity contribution in [2.45, 2.75) is 25.7 Å². The molecule has 0 heterocycles. The van der Waals surface area contributed by atoms with Crippen molar-refractivity contribution >= 4 is 23.5 Å². The van der Waals surface area contributed by atoms with Crippen LogP contribution in [0.2, 0.25) is 0 Å². The number of methoxy groups -OCH3 is 1. The van der Waals surface area contributed by atoms with E-state index in [-0.39, 0.29) is 0 Å². The van der Waals surface area contributed by atoms with Crippen LogP contribution in [-0.2, 0) is 23.8 Å². The number of alkyl halides is 1. The van der Waals surface area contributed by atoms with E-state index in [2.05, 4.69) is 13.2 Å². The largest absolute Gasteiger partial charge is 0.438 e. The van der Waals surface area contributed by atoms with Gasteiger partial charge < -0.3 is 14.2 Å². The Morgan fingerprint density at radius 1 is 0.793 bits per heavy atom. The fourth-order valence-corrected chi connectivity index (χ4v) is 2.15. The van der Waals surface area contributed by atoms with Crippen molar-refractivity contribution in [3.8, 4) is 0 Å². The van der Waals surface area contributed by atoms with Gasteiger partial charge in [-0.15, -0.1) is 0 Å². The van der Waals surface area contributed by atoms with Crippen LogP contribution in [0.1, 0.15) is 36.8 Å². The summed E-state index contributed by atoms with van der Waals surface area (Å²) in [7, 11) is 1.49. The molecule has 6 heteroatoms. The van der Waals surface area contributed by atoms with Crippen LogP contribution in [0.15, 0.2) is 85.0 Å². The summed E-state index contributed by atoms with van der Waals surface area (Å²) in [6.07, 6.45) is -0.671. The average molecular weight is 417 g/mol. The Kier molecular flexibility index (Phi) is 10.4. The zero-order valence-electron chi connectivity index (χ0n) is 16.8. The Bertz CT molecular complexity index is 818. The molecule has 2 aromatic carbocycles. The number of hydrogen-bond donors (Lipinski definition) is 0. The van der Waals surface area contributed by atoms with E-state index in [1.54, 1.807) is 26.0 Å². The van der Waals surface area contributed by atoms with E-state index >= 15 is 0 Å². The molecule has 29 heavy (non-hydrogen) atoms. The molecule has 5 nitrogen and oxygen atoms in total. The van der Waals surface area contributed by atoms with Crippen molar-refractivity contribution in [2.24, 2.45) is 0 Å². The van der Waals surface area contributed by atoms with Gasteiger partial charge in [-0.1, -0.05) is 85.4 Å². The molecule has 0 aliphatic carbocycles. The second kappa shape index (κ2) is 12.5. The van der Waals surface area contributed by atoms with Gasteiger partial charge in [0.05, 0.1) is 0 Å². The summed E-state index contributed by atoms with van der Waals surface area (Å²) >= 11 is 5.86. The lowest BCUT2D eigenvalue weighted by atomic mass is 10.2. The maximum Gasteiger partial charge on any atom is 0.335 e. The van der Waals surface area contributed by atoms with E-state index in [4.69, 9.17) is 25.8 Å². The fraction of sp³-hybridized carbons (Fsp3) is 0.217. The molecule has 2 unspecified atom stereocenters. The molecule has 0 radical (unpaired) electrons. The van der Waals surface area contributed by atoms with Crippen LogP contribution >= 0.6 is 11.6 Å². The lowest BCUT2D eigenvalue weighted by Gasteiger charge is -2.16. The molecule has 0 aliphatic heterocycles. The minimum absolute atomic E-state index is 0.339. The summed E-state index contributed by atoms with van der Waals surface area (Å²) in [6.45, 7) is 10.2. The van der Waals surface area contributed by atoms with Gasteiger partial charge in [0.15, 0.2) is 0 Å². The maximum absolute atomic E-state index is 11.3. The highest BCUT2D eigenvalue weighted by atomic mass is 35.5. The smallest absolute Gasteiger partial charge is 0.335 e. The van der Waals surface area contributed by atoms with Crippen LogP contribution in [0.25, 0.3) is 0 Å². The molecule has 0 fully saturated rings. The van der Waals surface area contributed by atoms with Crippen molar-refractivity contribution in [1.82, 2.24) is 0 Å². The van der Waals surface area contributed by atoms with E-state index in [9.17, 15) is 9.59 Å². The minimum Gasteiger partial charge on any atom is -0.438 e. The molecule has 0 saturated carbocycles. The van der Waals surface area contributed by atoms with Gasteiger partial charge in [-0.2, -0.15) is 0 Å². The molecular formula is C23H25ClO5. The normalized spacial score (nSPS) is 11.9. The SMILES string of the molecule is C=C(C)C(=O)OC(Cl)c1ccccc1.C=C(C)C(=O)OC(OC)c1ccccc1. The van der Waals surface area contributed by atoms with Crippen molar-refractivity contribution in [2.75, 3.05) is 7.11 Å². The molecule has 0 bridgehead atoms. The molecule has 0 N–H and O–H groups in total. The number of halogens is 1. The number of carbonyl (C=O) groups is 2. The van der Waals surface area contributed by atoms with Gasteiger partial charge in [0.1, 0.15) is 0 Å². The topological polar surface area (TPSA) is 61.8 Å². The van der Waals surface area contributed by atoms with Crippen LogP contribution < -0.4 is 0 Å². The molecule has 0 saturated heterocycles. The van der Waals surface area contributed by atoms with E-state index in [1.807, 2.05) is 48.5 Å². The van der Waals surface area contributed by atoms with Gasteiger partial charge in [0.25, 0.3) is 0 Å². The number of benzene rings is 2. The summed E-state index contributed by atoms with van der Waals surface area (Å²) in [5.41, 5.74) is 1.50. The lowest BCUT2D eigenvalue weighted by molar-refractivity contribution is -0.170. The second-order valence-corrected chi connectivity index (χ2v) is 6.47. The quantitative estimate of drug-likeness (QED) is 0.258. The van der Waals surface area contributed by atoms with Crippen LogP contribution in [0, 0.1) is 0 Å². The van der Waals surface area contributed by atoms with Crippen LogP contribution in [0.4, 0.5) is 0 Å². The van der Waals surface area contributed by atoms with Crippen LogP contribution in [0.3, 0.4) is 0 Å². The standard InChI is InChI=1S/C12H14O3.C11H11ClO2/c1-9(2)11(13)15-12(14-3)10-7-5-4-6-8-10;1-8(2)11(13)14-10(12)9-6-4-3-5-7-9/h4-8,12H,1H2,2-3H3;3-7,10H,1H2,2H3. The van der Waals surface area contributed by atoms with E-state index < -0.39 is 23.8 Å². The molecule has 0 aromatic heterocycles. The highest BCUT2D eigenvalue weighted by molar-refractivity contribution is 6.20. The van der Waals surface area contributed by atoms with Gasteiger partial charge in [-0.25, -0.2) is 9.59 Å². The average Bonchev–Trinajstić information content (AvgIpc) is 2.73. The second-order valence-electron chi connectivity index (χ2n) is 6.08. The predicted molar refractivity (Wildman–Crippen MR) is 113 cm³/mol. The van der Waals surface area contributed by atoms with Crippen molar-refractivity contribution in [1.29, 1.82) is 0 Å². The van der Waals surface area contributed by atoms with Crippen LogP contribution in [0.5, 0.6) is 0 Å². The molecule has 0 aliphatic rings. The third kappa shape index (κ3) is 8.77. The van der Waals surface area contributed by atoms with Gasteiger partial charge in [0, 0.05) is 29.4 Å². The zero-order chi connectivity index (χ0) is 21.8. The molecule has 2 aromatic rings. The molecule has 0 spiro atoms. The van der Waals surface area contributed by atoms with Gasteiger partial charge >= 0.3 is 11.9 Å². The maximum atomic E-state index is 11.3. The Morgan fingerprint density at radius 2 is 1.21 bits per heavy atom. The number of ether oxygens (including phenoxy) is 3. The van der Waals surface area contributed by atoms with Gasteiger partial charge in [0.2, 0.25) is 11.9 Å². The van der Waals surface area contributed by atoms with Gasteiger partial charge in [-0.05, 0) is 13.8 Å². The first kappa shape index (κ1) is 24.1. The Morgan fingerprint density at radius 3 is 1.62 bits per heavy atom. The van der Waals surface area contributed by atoms with E-state index in [0.29, 0.717) is 11.1 Å². The Hall–Kier alpha value is -2.89. The fourth-order valence-electron chi connectivity index (χ4n) is 1.93. The third-order valence-corrected chi connectivity index (χ3v) is 3.81. The first-order valence-corrected chi connectivity index (χ1v) is 9.19. The number of rotatable bonds is 7. The summed E-state index contributed by atoms with van der Waals surface area (Å²) in [4.78, 5) is 22.4. The zero-order valence-corrected chi connectivity index (χ0v) is 17.5. The van der Waals surface area contributed by atoms with Crippen molar-refractivity contribution in [3.05, 3.63) is 96.1 Å². The summed E-state index contributed by atoms with van der Waals surface area (Å²) in [5, 5.41) is 0.